The van der Waals surface area contributed by atoms with Crippen LogP contribution in [0.15, 0.2) is 0 Å². The molecule has 0 aromatic rings. The van der Waals surface area contributed by atoms with Gasteiger partial charge in [-0.15, -0.1) is 12.4 Å². The lowest BCUT2D eigenvalue weighted by Crippen LogP contribution is -2.45. The molecule has 4 nitrogen and oxygen atoms in total. The van der Waals surface area contributed by atoms with Crippen molar-refractivity contribution in [2.24, 2.45) is 0 Å². The molecule has 0 aromatic heterocycles. The molecule has 0 spiro atoms. The van der Waals surface area contributed by atoms with Crippen LogP contribution in [0.1, 0.15) is 12.8 Å². The Kier molecular flexibility index (Phi) is 5.20. The summed E-state index contributed by atoms with van der Waals surface area (Å²) in [5.41, 5.74) is 0. The van der Waals surface area contributed by atoms with E-state index in [4.69, 9.17) is 9.84 Å². The molecule has 0 bridgehead atoms. The van der Waals surface area contributed by atoms with Gasteiger partial charge in [-0.2, -0.15) is 0 Å². The second-order valence-electron chi connectivity index (χ2n) is 2.73. The standard InChI is InChI=1S/C7H13NO3.ClH/c1-11-5-2-3-8-6(4-5)7(9)10;/h5-6,8H,2-4H2,1H3,(H,9,10);1H/t5-,6+;/m1./s1. The maximum Gasteiger partial charge on any atom is 0.320 e. The smallest absolute Gasteiger partial charge is 0.320 e. The summed E-state index contributed by atoms with van der Waals surface area (Å²) in [6.07, 6.45) is 1.59. The van der Waals surface area contributed by atoms with E-state index in [0.717, 1.165) is 13.0 Å². The molecule has 1 fully saturated rings. The lowest BCUT2D eigenvalue weighted by atomic mass is 10.0. The van der Waals surface area contributed by atoms with Crippen LogP contribution in [-0.2, 0) is 9.53 Å². The van der Waals surface area contributed by atoms with Crippen molar-refractivity contribution < 1.29 is 14.6 Å². The number of hydrogen-bond donors (Lipinski definition) is 2. The van der Waals surface area contributed by atoms with Crippen molar-refractivity contribution in [1.82, 2.24) is 5.32 Å². The lowest BCUT2D eigenvalue weighted by molar-refractivity contribution is -0.141. The predicted molar refractivity (Wildman–Crippen MR) is 46.7 cm³/mol. The normalized spacial score (nSPS) is 29.1. The first-order chi connectivity index (χ1) is 5.24. The van der Waals surface area contributed by atoms with Gasteiger partial charge in [0.25, 0.3) is 0 Å². The summed E-state index contributed by atoms with van der Waals surface area (Å²) in [7, 11) is 1.62. The van der Waals surface area contributed by atoms with E-state index in [-0.39, 0.29) is 18.5 Å². The van der Waals surface area contributed by atoms with Crippen LogP contribution in [0.25, 0.3) is 0 Å². The summed E-state index contributed by atoms with van der Waals surface area (Å²) in [6.45, 7) is 0.732. The Morgan fingerprint density at radius 3 is 2.83 bits per heavy atom. The van der Waals surface area contributed by atoms with E-state index in [1.54, 1.807) is 7.11 Å². The number of hydrogen-bond acceptors (Lipinski definition) is 3. The van der Waals surface area contributed by atoms with Gasteiger partial charge < -0.3 is 15.2 Å². The minimum Gasteiger partial charge on any atom is -0.480 e. The van der Waals surface area contributed by atoms with Crippen LogP contribution >= 0.6 is 12.4 Å². The van der Waals surface area contributed by atoms with Crippen LogP contribution in [0.4, 0.5) is 0 Å². The van der Waals surface area contributed by atoms with Crippen molar-refractivity contribution >= 4 is 18.4 Å². The Hall–Kier alpha value is -0.320. The van der Waals surface area contributed by atoms with E-state index < -0.39 is 12.0 Å². The molecule has 2 atom stereocenters. The number of nitrogens with one attached hydrogen (secondary N) is 1. The van der Waals surface area contributed by atoms with Crippen LogP contribution in [0.2, 0.25) is 0 Å². The first-order valence-electron chi connectivity index (χ1n) is 3.73. The molecule has 1 saturated heterocycles. The van der Waals surface area contributed by atoms with Gasteiger partial charge in [0.15, 0.2) is 0 Å². The molecule has 2 N–H and O–H groups in total. The Balaban J connectivity index is 0.00000121. The van der Waals surface area contributed by atoms with Gasteiger partial charge in [-0.05, 0) is 19.4 Å². The van der Waals surface area contributed by atoms with E-state index in [9.17, 15) is 4.79 Å². The molecule has 1 aliphatic rings. The molecule has 5 heteroatoms. The third-order valence-electron chi connectivity index (χ3n) is 1.99. The van der Waals surface area contributed by atoms with Crippen LogP contribution in [0, 0.1) is 0 Å². The van der Waals surface area contributed by atoms with Crippen molar-refractivity contribution in [3.05, 3.63) is 0 Å². The quantitative estimate of drug-likeness (QED) is 0.664. The number of methoxy groups -OCH3 is 1. The maximum absolute atomic E-state index is 10.5. The second kappa shape index (κ2) is 5.35. The van der Waals surface area contributed by atoms with Crippen molar-refractivity contribution in [2.45, 2.75) is 25.0 Å². The zero-order chi connectivity index (χ0) is 8.27. The van der Waals surface area contributed by atoms with E-state index in [0.29, 0.717) is 6.42 Å². The molecule has 72 valence electrons. The second-order valence-corrected chi connectivity index (χ2v) is 2.73. The van der Waals surface area contributed by atoms with Crippen LogP contribution < -0.4 is 5.32 Å². The largest absolute Gasteiger partial charge is 0.480 e. The number of piperidine rings is 1. The highest BCUT2D eigenvalue weighted by Crippen LogP contribution is 2.11. The van der Waals surface area contributed by atoms with Crippen LogP contribution in [-0.4, -0.2) is 36.9 Å². The van der Waals surface area contributed by atoms with Crippen LogP contribution in [0.3, 0.4) is 0 Å². The third kappa shape index (κ3) is 2.97. The zero-order valence-corrected chi connectivity index (χ0v) is 7.76. The minimum absolute atomic E-state index is 0. The summed E-state index contributed by atoms with van der Waals surface area (Å²) in [4.78, 5) is 10.5. The average molecular weight is 196 g/mol. The van der Waals surface area contributed by atoms with Gasteiger partial charge in [0, 0.05) is 7.11 Å². The predicted octanol–water partition coefficient (Wildman–Crippen LogP) is 0.260. The molecule has 0 radical (unpaired) electrons. The highest BCUT2D eigenvalue weighted by Gasteiger charge is 2.25. The summed E-state index contributed by atoms with van der Waals surface area (Å²) in [5, 5.41) is 11.5. The maximum atomic E-state index is 10.5. The molecule has 0 aromatic carbocycles. The Morgan fingerprint density at radius 2 is 2.33 bits per heavy atom. The Morgan fingerprint density at radius 1 is 1.67 bits per heavy atom. The summed E-state index contributed by atoms with van der Waals surface area (Å²) < 4.78 is 5.07. The minimum atomic E-state index is -0.785. The molecule has 1 rings (SSSR count). The number of carbonyl (C=O) groups is 1. The van der Waals surface area contributed by atoms with Gasteiger partial charge in [-0.25, -0.2) is 0 Å². The third-order valence-corrected chi connectivity index (χ3v) is 1.99. The molecular weight excluding hydrogens is 182 g/mol. The molecule has 0 unspecified atom stereocenters. The molecule has 1 aliphatic heterocycles. The average Bonchev–Trinajstić information content (AvgIpc) is 2.05. The van der Waals surface area contributed by atoms with Gasteiger partial charge in [0.05, 0.1) is 6.10 Å². The topological polar surface area (TPSA) is 58.6 Å². The highest BCUT2D eigenvalue weighted by molar-refractivity contribution is 5.85. The van der Waals surface area contributed by atoms with Crippen molar-refractivity contribution in [3.8, 4) is 0 Å². The van der Waals surface area contributed by atoms with Crippen molar-refractivity contribution in [2.75, 3.05) is 13.7 Å². The van der Waals surface area contributed by atoms with Gasteiger partial charge in [-0.1, -0.05) is 0 Å². The van der Waals surface area contributed by atoms with Gasteiger partial charge in [-0.3, -0.25) is 4.79 Å². The fourth-order valence-corrected chi connectivity index (χ4v) is 1.28. The SMILES string of the molecule is CO[C@@H]1CCN[C@H](C(=O)O)C1.Cl. The summed E-state index contributed by atoms with van der Waals surface area (Å²) in [5.74, 6) is -0.785. The Bertz CT molecular complexity index is 154. The lowest BCUT2D eigenvalue weighted by Gasteiger charge is -2.26. The number of carboxylic acid groups (broad SMARTS) is 1. The van der Waals surface area contributed by atoms with E-state index in [1.807, 2.05) is 0 Å². The van der Waals surface area contributed by atoms with E-state index in [1.165, 1.54) is 0 Å². The number of aliphatic carboxylic acids is 1. The summed E-state index contributed by atoms with van der Waals surface area (Å²) >= 11 is 0. The van der Waals surface area contributed by atoms with Gasteiger partial charge in [0.2, 0.25) is 0 Å². The first kappa shape index (κ1) is 11.7. The zero-order valence-electron chi connectivity index (χ0n) is 6.95. The number of halogens is 1. The number of carboxylic acids is 1. The summed E-state index contributed by atoms with van der Waals surface area (Å²) in [6, 6.07) is -0.423. The monoisotopic (exact) mass is 195 g/mol. The fourth-order valence-electron chi connectivity index (χ4n) is 1.28. The van der Waals surface area contributed by atoms with Crippen molar-refractivity contribution in [3.63, 3.8) is 0 Å². The van der Waals surface area contributed by atoms with Crippen LogP contribution in [0.5, 0.6) is 0 Å². The van der Waals surface area contributed by atoms with Gasteiger partial charge >= 0.3 is 5.97 Å². The first-order valence-corrected chi connectivity index (χ1v) is 3.73. The molecule has 1 heterocycles. The van der Waals surface area contributed by atoms with E-state index in [2.05, 4.69) is 5.32 Å². The number of rotatable bonds is 2. The molecular formula is C7H14ClNO3. The molecule has 0 saturated carbocycles. The highest BCUT2D eigenvalue weighted by atomic mass is 35.5. The fraction of sp³-hybridized carbons (Fsp3) is 0.857. The molecule has 0 amide bonds. The molecule has 0 aliphatic carbocycles. The Labute approximate surface area is 77.7 Å². The molecule has 12 heavy (non-hydrogen) atoms. The van der Waals surface area contributed by atoms with Crippen molar-refractivity contribution in [1.29, 1.82) is 0 Å². The van der Waals surface area contributed by atoms with Gasteiger partial charge in [0.1, 0.15) is 6.04 Å². The van der Waals surface area contributed by atoms with E-state index >= 15 is 0 Å². The number of ether oxygens (including phenoxy) is 1.